The monoisotopic (exact) mass is 268 g/mol. The second-order valence-corrected chi connectivity index (χ2v) is 5.00. The van der Waals surface area contributed by atoms with Gasteiger partial charge in [0.05, 0.1) is 0 Å². The molecule has 0 amide bonds. The number of hydrogen-bond donors (Lipinski definition) is 1. The Kier molecular flexibility index (Phi) is 6.96. The van der Waals surface area contributed by atoms with Gasteiger partial charge in [0.1, 0.15) is 6.61 Å². The van der Waals surface area contributed by atoms with Gasteiger partial charge in [0.25, 0.3) is 0 Å². The molecular formula is C12H23F3N2O. The summed E-state index contributed by atoms with van der Waals surface area (Å²) in [6, 6.07) is 0. The van der Waals surface area contributed by atoms with Crippen molar-refractivity contribution < 1.29 is 17.9 Å². The molecule has 1 fully saturated rings. The fourth-order valence-electron chi connectivity index (χ4n) is 2.23. The molecule has 108 valence electrons. The number of nitrogens with zero attached hydrogens (tertiary/aromatic N) is 1. The highest BCUT2D eigenvalue weighted by molar-refractivity contribution is 4.72. The lowest BCUT2D eigenvalue weighted by Gasteiger charge is -2.29. The first-order chi connectivity index (χ1) is 8.47. The van der Waals surface area contributed by atoms with Crippen molar-refractivity contribution in [2.45, 2.75) is 25.4 Å². The maximum atomic E-state index is 11.8. The highest BCUT2D eigenvalue weighted by Gasteiger charge is 2.27. The number of hydrogen-bond acceptors (Lipinski definition) is 3. The fraction of sp³-hybridized carbons (Fsp3) is 1.00. The average Bonchev–Trinajstić information content (AvgIpc) is 2.26. The van der Waals surface area contributed by atoms with E-state index in [9.17, 15) is 13.2 Å². The summed E-state index contributed by atoms with van der Waals surface area (Å²) in [5.41, 5.74) is 0. The summed E-state index contributed by atoms with van der Waals surface area (Å²) in [6.07, 6.45) is -1.11. The molecule has 18 heavy (non-hydrogen) atoms. The van der Waals surface area contributed by atoms with Gasteiger partial charge in [0, 0.05) is 13.2 Å². The molecule has 0 aromatic rings. The minimum Gasteiger partial charge on any atom is -0.372 e. The van der Waals surface area contributed by atoms with E-state index in [2.05, 4.69) is 22.0 Å². The van der Waals surface area contributed by atoms with Crippen LogP contribution in [0.4, 0.5) is 13.2 Å². The van der Waals surface area contributed by atoms with Crippen LogP contribution in [0, 0.1) is 5.92 Å². The Morgan fingerprint density at radius 2 is 2.17 bits per heavy atom. The molecule has 0 aliphatic carbocycles. The van der Waals surface area contributed by atoms with Crippen molar-refractivity contribution in [1.82, 2.24) is 10.2 Å². The zero-order chi connectivity index (χ0) is 13.4. The Morgan fingerprint density at radius 1 is 1.39 bits per heavy atom. The molecular weight excluding hydrogens is 245 g/mol. The molecule has 1 atom stereocenters. The third kappa shape index (κ3) is 7.89. The van der Waals surface area contributed by atoms with Gasteiger partial charge < -0.3 is 15.0 Å². The number of rotatable bonds is 7. The lowest BCUT2D eigenvalue weighted by atomic mass is 9.98. The molecule has 0 radical (unpaired) electrons. The number of nitrogens with one attached hydrogen (secondary N) is 1. The molecule has 1 rings (SSSR count). The van der Waals surface area contributed by atoms with Crippen LogP contribution in [-0.4, -0.2) is 57.5 Å². The molecule has 3 nitrogen and oxygen atoms in total. The van der Waals surface area contributed by atoms with Crippen LogP contribution >= 0.6 is 0 Å². The van der Waals surface area contributed by atoms with Crippen LogP contribution in [0.1, 0.15) is 19.3 Å². The van der Waals surface area contributed by atoms with E-state index in [0.29, 0.717) is 12.3 Å². The van der Waals surface area contributed by atoms with Gasteiger partial charge in [-0.1, -0.05) is 0 Å². The molecule has 1 aliphatic rings. The molecule has 0 aromatic heterocycles. The van der Waals surface area contributed by atoms with E-state index < -0.39 is 12.8 Å². The molecule has 6 heteroatoms. The van der Waals surface area contributed by atoms with Crippen molar-refractivity contribution in [2.75, 3.05) is 46.4 Å². The maximum absolute atomic E-state index is 11.8. The Balaban J connectivity index is 1.89. The van der Waals surface area contributed by atoms with Crippen molar-refractivity contribution in [1.29, 1.82) is 0 Å². The van der Waals surface area contributed by atoms with Gasteiger partial charge >= 0.3 is 6.18 Å². The van der Waals surface area contributed by atoms with Gasteiger partial charge in [-0.15, -0.1) is 0 Å². The molecule has 0 aromatic carbocycles. The average molecular weight is 268 g/mol. The van der Waals surface area contributed by atoms with Crippen molar-refractivity contribution in [3.8, 4) is 0 Å². The van der Waals surface area contributed by atoms with Gasteiger partial charge in [-0.25, -0.2) is 0 Å². The summed E-state index contributed by atoms with van der Waals surface area (Å²) in [7, 11) is 2.12. The standard InChI is InChI=1S/C12H23F3N2O/c1-17-6-2-4-11(9-17)8-16-5-3-7-18-10-12(13,14)15/h11,16H,2-10H2,1H3. The minimum absolute atomic E-state index is 0.164. The van der Waals surface area contributed by atoms with Crippen LogP contribution in [0.25, 0.3) is 0 Å². The van der Waals surface area contributed by atoms with E-state index >= 15 is 0 Å². The zero-order valence-corrected chi connectivity index (χ0v) is 10.9. The fourth-order valence-corrected chi connectivity index (χ4v) is 2.23. The predicted molar refractivity (Wildman–Crippen MR) is 64.6 cm³/mol. The molecule has 0 bridgehead atoms. The second-order valence-electron chi connectivity index (χ2n) is 5.00. The van der Waals surface area contributed by atoms with Gasteiger partial charge in [-0.3, -0.25) is 0 Å². The van der Waals surface area contributed by atoms with Crippen molar-refractivity contribution in [3.05, 3.63) is 0 Å². The summed E-state index contributed by atoms with van der Waals surface area (Å²) < 4.78 is 39.8. The number of piperidine rings is 1. The maximum Gasteiger partial charge on any atom is 0.411 e. The Bertz CT molecular complexity index is 224. The van der Waals surface area contributed by atoms with Gasteiger partial charge in [-0.05, 0) is 51.9 Å². The zero-order valence-electron chi connectivity index (χ0n) is 10.9. The highest BCUT2D eigenvalue weighted by atomic mass is 19.4. The van der Waals surface area contributed by atoms with Crippen LogP contribution in [0.5, 0.6) is 0 Å². The summed E-state index contributed by atoms with van der Waals surface area (Å²) in [5, 5.41) is 3.29. The normalized spacial score (nSPS) is 22.3. The van der Waals surface area contributed by atoms with E-state index in [1.807, 2.05) is 0 Å². The number of alkyl halides is 3. The summed E-state index contributed by atoms with van der Waals surface area (Å²) in [6.45, 7) is 2.97. The van der Waals surface area contributed by atoms with Crippen molar-refractivity contribution in [3.63, 3.8) is 0 Å². The van der Waals surface area contributed by atoms with E-state index in [0.717, 1.165) is 19.6 Å². The smallest absolute Gasteiger partial charge is 0.372 e. The van der Waals surface area contributed by atoms with Crippen LogP contribution < -0.4 is 5.32 Å². The topological polar surface area (TPSA) is 24.5 Å². The Morgan fingerprint density at radius 3 is 2.83 bits per heavy atom. The largest absolute Gasteiger partial charge is 0.411 e. The Hall–Kier alpha value is -0.330. The molecule has 1 heterocycles. The minimum atomic E-state index is -4.21. The predicted octanol–water partition coefficient (Wildman–Crippen LogP) is 1.89. The first-order valence-electron chi connectivity index (χ1n) is 6.51. The molecule has 1 aliphatic heterocycles. The van der Waals surface area contributed by atoms with E-state index in [1.54, 1.807) is 0 Å². The van der Waals surface area contributed by atoms with Crippen LogP contribution in [0.15, 0.2) is 0 Å². The molecule has 1 N–H and O–H groups in total. The van der Waals surface area contributed by atoms with Crippen molar-refractivity contribution in [2.24, 2.45) is 5.92 Å². The number of halogens is 3. The number of likely N-dealkylation sites (tertiary alicyclic amines) is 1. The van der Waals surface area contributed by atoms with E-state index in [4.69, 9.17) is 0 Å². The third-order valence-electron chi connectivity index (χ3n) is 3.06. The lowest BCUT2D eigenvalue weighted by molar-refractivity contribution is -0.173. The first-order valence-corrected chi connectivity index (χ1v) is 6.51. The van der Waals surface area contributed by atoms with Crippen LogP contribution in [0.2, 0.25) is 0 Å². The number of ether oxygens (including phenoxy) is 1. The van der Waals surface area contributed by atoms with Gasteiger partial charge in [0.2, 0.25) is 0 Å². The quantitative estimate of drug-likeness (QED) is 0.714. The third-order valence-corrected chi connectivity index (χ3v) is 3.06. The molecule has 1 saturated heterocycles. The van der Waals surface area contributed by atoms with Crippen LogP contribution in [-0.2, 0) is 4.74 Å². The molecule has 0 saturated carbocycles. The van der Waals surface area contributed by atoms with Crippen molar-refractivity contribution >= 4 is 0 Å². The SMILES string of the molecule is CN1CCCC(CNCCCOCC(F)(F)F)C1. The van der Waals surface area contributed by atoms with Gasteiger partial charge in [0.15, 0.2) is 0 Å². The summed E-state index contributed by atoms with van der Waals surface area (Å²) >= 11 is 0. The Labute approximate surface area is 107 Å². The summed E-state index contributed by atoms with van der Waals surface area (Å²) in [5.74, 6) is 0.667. The highest BCUT2D eigenvalue weighted by Crippen LogP contribution is 2.15. The van der Waals surface area contributed by atoms with Crippen LogP contribution in [0.3, 0.4) is 0 Å². The first kappa shape index (κ1) is 15.7. The lowest BCUT2D eigenvalue weighted by Crippen LogP contribution is -2.37. The second kappa shape index (κ2) is 7.96. The molecule has 1 unspecified atom stereocenters. The molecule has 0 spiro atoms. The van der Waals surface area contributed by atoms with Gasteiger partial charge in [-0.2, -0.15) is 13.2 Å². The van der Waals surface area contributed by atoms with E-state index in [1.165, 1.54) is 19.4 Å². The summed E-state index contributed by atoms with van der Waals surface area (Å²) in [4.78, 5) is 2.32. The van der Waals surface area contributed by atoms with E-state index in [-0.39, 0.29) is 6.61 Å².